The van der Waals surface area contributed by atoms with Crippen LogP contribution in [0.4, 0.5) is 4.79 Å². The molecule has 1 saturated heterocycles. The molecule has 6 nitrogen and oxygen atoms in total. The normalized spacial score (nSPS) is 17.1. The van der Waals surface area contributed by atoms with Crippen LogP contribution in [0.3, 0.4) is 0 Å². The Morgan fingerprint density at radius 1 is 1.21 bits per heavy atom. The third-order valence-electron chi connectivity index (χ3n) is 5.26. The Balaban J connectivity index is 1.26. The summed E-state index contributed by atoms with van der Waals surface area (Å²) in [6, 6.07) is 8.13. The Bertz CT molecular complexity index is 825. The zero-order valence-corrected chi connectivity index (χ0v) is 17.9. The molecule has 1 aromatic carbocycles. The molecule has 0 bridgehead atoms. The minimum absolute atomic E-state index is 0.144. The van der Waals surface area contributed by atoms with Crippen molar-refractivity contribution < 1.29 is 14.3 Å². The first-order valence-corrected chi connectivity index (χ1v) is 11.3. The van der Waals surface area contributed by atoms with Gasteiger partial charge < -0.3 is 20.1 Å². The lowest BCUT2D eigenvalue weighted by molar-refractivity contribution is 0.171. The highest BCUT2D eigenvalue weighted by Gasteiger charge is 2.24. The average molecular weight is 436 g/mol. The molecule has 1 aromatic heterocycles. The molecule has 3 heterocycles. The molecule has 2 aromatic rings. The zero-order valence-electron chi connectivity index (χ0n) is 16.3. The fraction of sp³-hybridized carbons (Fsp3) is 0.476. The molecule has 0 aliphatic carbocycles. The number of benzene rings is 1. The van der Waals surface area contributed by atoms with Crippen molar-refractivity contribution in [2.24, 2.45) is 0 Å². The summed E-state index contributed by atoms with van der Waals surface area (Å²) in [5.41, 5.74) is 1.01. The van der Waals surface area contributed by atoms with Crippen molar-refractivity contribution in [3.05, 3.63) is 45.1 Å². The van der Waals surface area contributed by atoms with Gasteiger partial charge in [-0.15, -0.1) is 11.3 Å². The van der Waals surface area contributed by atoms with Gasteiger partial charge in [0, 0.05) is 18.0 Å². The number of nitrogens with zero attached hydrogens (tertiary/aromatic N) is 1. The Kier molecular flexibility index (Phi) is 6.79. The van der Waals surface area contributed by atoms with Crippen LogP contribution < -0.4 is 20.1 Å². The van der Waals surface area contributed by atoms with Crippen LogP contribution in [0.1, 0.15) is 29.3 Å². The Morgan fingerprint density at radius 2 is 2.03 bits per heavy atom. The van der Waals surface area contributed by atoms with Gasteiger partial charge in [0.2, 0.25) is 0 Å². The number of hydrogen-bond donors (Lipinski definition) is 2. The molecule has 2 aliphatic heterocycles. The van der Waals surface area contributed by atoms with Crippen molar-refractivity contribution in [1.82, 2.24) is 15.5 Å². The van der Waals surface area contributed by atoms with E-state index < -0.39 is 0 Å². The molecule has 0 saturated carbocycles. The van der Waals surface area contributed by atoms with E-state index >= 15 is 0 Å². The molecular weight excluding hydrogens is 410 g/mol. The predicted molar refractivity (Wildman–Crippen MR) is 115 cm³/mol. The van der Waals surface area contributed by atoms with E-state index in [2.05, 4.69) is 33.0 Å². The van der Waals surface area contributed by atoms with Gasteiger partial charge in [-0.2, -0.15) is 0 Å². The van der Waals surface area contributed by atoms with Gasteiger partial charge in [0.15, 0.2) is 11.5 Å². The van der Waals surface area contributed by atoms with Crippen molar-refractivity contribution in [2.75, 3.05) is 39.4 Å². The maximum atomic E-state index is 12.3. The summed E-state index contributed by atoms with van der Waals surface area (Å²) in [5, 5.41) is 8.62. The van der Waals surface area contributed by atoms with Crippen molar-refractivity contribution in [3.63, 3.8) is 0 Å². The number of carbonyl (C=O) groups excluding carboxylic acids is 1. The molecule has 8 heteroatoms. The summed E-state index contributed by atoms with van der Waals surface area (Å²) in [7, 11) is 0. The van der Waals surface area contributed by atoms with Crippen LogP contribution >= 0.6 is 22.9 Å². The molecule has 2 N–H and O–H groups in total. The van der Waals surface area contributed by atoms with Gasteiger partial charge in [-0.1, -0.05) is 17.7 Å². The molecule has 29 heavy (non-hydrogen) atoms. The Morgan fingerprint density at radius 3 is 2.83 bits per heavy atom. The molecule has 1 atom stereocenters. The fourth-order valence-corrected chi connectivity index (χ4v) is 4.97. The minimum atomic E-state index is -0.144. The van der Waals surface area contributed by atoms with Crippen LogP contribution in [0, 0.1) is 0 Å². The van der Waals surface area contributed by atoms with Crippen LogP contribution in [0.2, 0.25) is 5.02 Å². The highest BCUT2D eigenvalue weighted by molar-refractivity contribution is 7.10. The summed E-state index contributed by atoms with van der Waals surface area (Å²) < 4.78 is 11.1. The molecule has 1 fully saturated rings. The quantitative estimate of drug-likeness (QED) is 0.693. The van der Waals surface area contributed by atoms with Crippen LogP contribution in [-0.4, -0.2) is 50.3 Å². The maximum absolute atomic E-state index is 12.3. The summed E-state index contributed by atoms with van der Waals surface area (Å²) in [4.78, 5) is 16.1. The summed E-state index contributed by atoms with van der Waals surface area (Å²) in [6.07, 6.45) is 3.13. The van der Waals surface area contributed by atoms with Crippen LogP contribution in [0.25, 0.3) is 0 Å². The Labute approximate surface area is 180 Å². The number of fused-ring (bicyclic) bond motifs is 1. The van der Waals surface area contributed by atoms with E-state index in [4.69, 9.17) is 21.1 Å². The highest BCUT2D eigenvalue weighted by atomic mass is 35.5. The standard InChI is InChI=1S/C21H26ClN3O3S/c22-16-12-15(13-18-20(16)28-10-9-27-18)5-6-23-21(26)24-14-17(19-4-3-11-29-19)25-7-1-2-8-25/h3-4,11-13,17H,1-2,5-10,14H2,(H2,23,24,26). The highest BCUT2D eigenvalue weighted by Crippen LogP contribution is 2.38. The third-order valence-corrected chi connectivity index (χ3v) is 6.52. The number of carbonyl (C=O) groups is 1. The van der Waals surface area contributed by atoms with E-state index in [0.717, 1.165) is 18.7 Å². The van der Waals surface area contributed by atoms with E-state index in [-0.39, 0.29) is 12.1 Å². The number of thiophene rings is 1. The van der Waals surface area contributed by atoms with Crippen molar-refractivity contribution in [3.8, 4) is 11.5 Å². The zero-order chi connectivity index (χ0) is 20.1. The maximum Gasteiger partial charge on any atom is 0.314 e. The van der Waals surface area contributed by atoms with Crippen molar-refractivity contribution in [1.29, 1.82) is 0 Å². The van der Waals surface area contributed by atoms with Crippen molar-refractivity contribution in [2.45, 2.75) is 25.3 Å². The smallest absolute Gasteiger partial charge is 0.314 e. The number of nitrogens with one attached hydrogen (secondary N) is 2. The van der Waals surface area contributed by atoms with Gasteiger partial charge in [-0.05, 0) is 61.5 Å². The first-order chi connectivity index (χ1) is 14.2. The number of hydrogen-bond acceptors (Lipinski definition) is 5. The van der Waals surface area contributed by atoms with Gasteiger partial charge in [0.1, 0.15) is 13.2 Å². The third kappa shape index (κ3) is 5.15. The lowest BCUT2D eigenvalue weighted by Crippen LogP contribution is -2.41. The lowest BCUT2D eigenvalue weighted by atomic mass is 10.1. The second kappa shape index (κ2) is 9.69. The molecule has 2 aliphatic rings. The van der Waals surface area contributed by atoms with Gasteiger partial charge >= 0.3 is 6.03 Å². The number of likely N-dealkylation sites (tertiary alicyclic amines) is 1. The van der Waals surface area contributed by atoms with Gasteiger partial charge in [-0.25, -0.2) is 4.79 Å². The average Bonchev–Trinajstić information content (AvgIpc) is 3.43. The van der Waals surface area contributed by atoms with Gasteiger partial charge in [0.25, 0.3) is 0 Å². The summed E-state index contributed by atoms with van der Waals surface area (Å²) >= 11 is 8.03. The number of rotatable bonds is 7. The molecular formula is C21H26ClN3O3S. The second-order valence-corrected chi connectivity index (χ2v) is 8.65. The van der Waals surface area contributed by atoms with Gasteiger partial charge in [-0.3, -0.25) is 4.90 Å². The lowest BCUT2D eigenvalue weighted by Gasteiger charge is -2.27. The minimum Gasteiger partial charge on any atom is -0.486 e. The molecule has 156 valence electrons. The largest absolute Gasteiger partial charge is 0.486 e. The van der Waals surface area contributed by atoms with E-state index in [1.54, 1.807) is 11.3 Å². The second-order valence-electron chi connectivity index (χ2n) is 7.26. The fourth-order valence-electron chi connectivity index (χ4n) is 3.82. The number of ether oxygens (including phenoxy) is 2. The molecule has 1 unspecified atom stereocenters. The molecule has 0 spiro atoms. The van der Waals surface area contributed by atoms with Gasteiger partial charge in [0.05, 0.1) is 11.1 Å². The number of halogens is 1. The predicted octanol–water partition coefficient (Wildman–Crippen LogP) is 3.85. The van der Waals surface area contributed by atoms with Crippen LogP contribution in [0.15, 0.2) is 29.6 Å². The number of urea groups is 1. The van der Waals surface area contributed by atoms with E-state index in [1.807, 2.05) is 12.1 Å². The van der Waals surface area contributed by atoms with E-state index in [9.17, 15) is 4.79 Å². The molecule has 2 amide bonds. The molecule has 4 rings (SSSR count). The topological polar surface area (TPSA) is 62.8 Å². The summed E-state index contributed by atoms with van der Waals surface area (Å²) in [6.45, 7) is 4.36. The Hall–Kier alpha value is -1.96. The monoisotopic (exact) mass is 435 g/mol. The van der Waals surface area contributed by atoms with Crippen molar-refractivity contribution >= 4 is 29.0 Å². The van der Waals surface area contributed by atoms with Crippen LogP contribution in [0.5, 0.6) is 11.5 Å². The van der Waals surface area contributed by atoms with E-state index in [1.165, 1.54) is 17.7 Å². The first kappa shape index (κ1) is 20.3. The molecule has 0 radical (unpaired) electrons. The van der Waals surface area contributed by atoms with Crippen LogP contribution in [-0.2, 0) is 6.42 Å². The SMILES string of the molecule is O=C(NCCc1cc(Cl)c2c(c1)OCCO2)NCC(c1cccs1)N1CCCC1. The summed E-state index contributed by atoms with van der Waals surface area (Å²) in [5.74, 6) is 1.28. The van der Waals surface area contributed by atoms with E-state index in [0.29, 0.717) is 49.2 Å². The number of amides is 2. The first-order valence-electron chi connectivity index (χ1n) is 10.1.